The number of likely N-dealkylation sites (N-methyl/N-ethyl adjacent to an activating group) is 1. The fourth-order valence-corrected chi connectivity index (χ4v) is 2.60. The molecular weight excluding hydrogens is 208 g/mol. The Kier molecular flexibility index (Phi) is 4.57. The summed E-state index contributed by atoms with van der Waals surface area (Å²) in [5.41, 5.74) is 1.47. The molecule has 0 bridgehead atoms. The van der Waals surface area contributed by atoms with E-state index in [0.29, 0.717) is 12.0 Å². The molecule has 0 radical (unpaired) electrons. The van der Waals surface area contributed by atoms with Crippen molar-refractivity contribution >= 4 is 0 Å². The molecule has 1 aromatic rings. The fourth-order valence-electron chi connectivity index (χ4n) is 2.60. The monoisotopic (exact) mass is 232 g/mol. The van der Waals surface area contributed by atoms with Crippen LogP contribution < -0.4 is 5.32 Å². The van der Waals surface area contributed by atoms with Crippen LogP contribution in [-0.2, 0) is 0 Å². The molecule has 1 aliphatic rings. The molecule has 1 fully saturated rings. The maximum Gasteiger partial charge on any atom is 0.0204 e. The first-order valence-electron chi connectivity index (χ1n) is 6.74. The Morgan fingerprint density at radius 3 is 2.76 bits per heavy atom. The second-order valence-corrected chi connectivity index (χ2v) is 5.18. The third kappa shape index (κ3) is 3.55. The van der Waals surface area contributed by atoms with E-state index in [9.17, 15) is 0 Å². The van der Waals surface area contributed by atoms with Crippen molar-refractivity contribution in [3.05, 3.63) is 35.9 Å². The average Bonchev–Trinajstić information content (AvgIpc) is 2.85. The molecule has 0 amide bonds. The van der Waals surface area contributed by atoms with E-state index in [0.717, 1.165) is 0 Å². The van der Waals surface area contributed by atoms with Gasteiger partial charge in [0.05, 0.1) is 0 Å². The Morgan fingerprint density at radius 2 is 2.12 bits per heavy atom. The number of hydrogen-bond acceptors (Lipinski definition) is 2. The lowest BCUT2D eigenvalue weighted by atomic mass is 9.98. The highest BCUT2D eigenvalue weighted by atomic mass is 15.2. The molecule has 0 aromatic heterocycles. The van der Waals surface area contributed by atoms with Crippen LogP contribution >= 0.6 is 0 Å². The van der Waals surface area contributed by atoms with Gasteiger partial charge in [-0.05, 0) is 44.5 Å². The van der Waals surface area contributed by atoms with Crippen LogP contribution in [0.1, 0.15) is 31.2 Å². The highest BCUT2D eigenvalue weighted by Crippen LogP contribution is 2.20. The Bertz CT molecular complexity index is 323. The number of nitrogens with one attached hydrogen (secondary N) is 1. The summed E-state index contributed by atoms with van der Waals surface area (Å²) in [5.74, 6) is 0.671. The Labute approximate surface area is 105 Å². The van der Waals surface area contributed by atoms with Crippen molar-refractivity contribution in [2.45, 2.75) is 31.7 Å². The summed E-state index contributed by atoms with van der Waals surface area (Å²) in [6, 6.07) is 11.6. The fraction of sp³-hybridized carbons (Fsp3) is 0.600. The molecule has 17 heavy (non-hydrogen) atoms. The average molecular weight is 232 g/mol. The van der Waals surface area contributed by atoms with Crippen LogP contribution in [0.25, 0.3) is 0 Å². The Hall–Kier alpha value is -0.860. The molecule has 2 rings (SSSR count). The van der Waals surface area contributed by atoms with Crippen molar-refractivity contribution in [3.63, 3.8) is 0 Å². The van der Waals surface area contributed by atoms with E-state index in [1.807, 2.05) is 0 Å². The lowest BCUT2D eigenvalue weighted by molar-refractivity contribution is 0.316. The summed E-state index contributed by atoms with van der Waals surface area (Å²) < 4.78 is 0. The first kappa shape index (κ1) is 12.6. The van der Waals surface area contributed by atoms with Crippen molar-refractivity contribution in [1.82, 2.24) is 10.2 Å². The highest BCUT2D eigenvalue weighted by Gasteiger charge is 2.20. The molecule has 2 nitrogen and oxygen atoms in total. The van der Waals surface area contributed by atoms with Gasteiger partial charge in [-0.1, -0.05) is 37.3 Å². The maximum absolute atomic E-state index is 3.37. The zero-order valence-electron chi connectivity index (χ0n) is 11.0. The molecule has 0 spiro atoms. The minimum atomic E-state index is 0.671. The molecule has 1 saturated heterocycles. The molecule has 2 unspecified atom stereocenters. The molecular formula is C15H24N2. The third-order valence-electron chi connectivity index (χ3n) is 3.93. The predicted molar refractivity (Wildman–Crippen MR) is 73.4 cm³/mol. The van der Waals surface area contributed by atoms with E-state index in [1.165, 1.54) is 38.0 Å². The van der Waals surface area contributed by atoms with E-state index in [-0.39, 0.29) is 0 Å². The van der Waals surface area contributed by atoms with E-state index in [2.05, 4.69) is 54.5 Å². The predicted octanol–water partition coefficient (Wildman–Crippen LogP) is 2.47. The van der Waals surface area contributed by atoms with Gasteiger partial charge in [-0.2, -0.15) is 0 Å². The molecule has 1 aliphatic heterocycles. The van der Waals surface area contributed by atoms with Crippen LogP contribution in [-0.4, -0.2) is 37.6 Å². The van der Waals surface area contributed by atoms with Gasteiger partial charge >= 0.3 is 0 Å². The number of rotatable bonds is 5. The molecule has 0 saturated carbocycles. The van der Waals surface area contributed by atoms with Crippen LogP contribution in [0, 0.1) is 0 Å². The first-order valence-corrected chi connectivity index (χ1v) is 6.74. The van der Waals surface area contributed by atoms with Gasteiger partial charge in [0, 0.05) is 12.6 Å². The lowest BCUT2D eigenvalue weighted by Crippen LogP contribution is -2.30. The third-order valence-corrected chi connectivity index (χ3v) is 3.93. The van der Waals surface area contributed by atoms with Crippen molar-refractivity contribution in [1.29, 1.82) is 0 Å². The quantitative estimate of drug-likeness (QED) is 0.839. The summed E-state index contributed by atoms with van der Waals surface area (Å²) in [6.45, 7) is 6.04. The molecule has 0 aliphatic carbocycles. The summed E-state index contributed by atoms with van der Waals surface area (Å²) in [6.07, 6.45) is 2.57. The zero-order valence-corrected chi connectivity index (χ0v) is 11.0. The zero-order chi connectivity index (χ0) is 12.1. The van der Waals surface area contributed by atoms with Crippen molar-refractivity contribution < 1.29 is 0 Å². The van der Waals surface area contributed by atoms with Crippen LogP contribution in [0.15, 0.2) is 30.3 Å². The molecule has 2 heteroatoms. The molecule has 2 atom stereocenters. The Morgan fingerprint density at radius 1 is 1.35 bits per heavy atom. The second-order valence-electron chi connectivity index (χ2n) is 5.18. The summed E-state index contributed by atoms with van der Waals surface area (Å²) in [4.78, 5) is 2.58. The van der Waals surface area contributed by atoms with Gasteiger partial charge in [-0.3, -0.25) is 0 Å². The number of nitrogens with zero attached hydrogens (tertiary/aromatic N) is 1. The Balaban J connectivity index is 1.75. The highest BCUT2D eigenvalue weighted by molar-refractivity contribution is 5.18. The minimum absolute atomic E-state index is 0.671. The maximum atomic E-state index is 3.37. The number of hydrogen-bond donors (Lipinski definition) is 1. The van der Waals surface area contributed by atoms with E-state index < -0.39 is 0 Å². The minimum Gasteiger partial charge on any atom is -0.316 e. The van der Waals surface area contributed by atoms with Crippen molar-refractivity contribution in [3.8, 4) is 0 Å². The molecule has 1 N–H and O–H groups in total. The van der Waals surface area contributed by atoms with E-state index in [1.54, 1.807) is 0 Å². The molecule has 94 valence electrons. The van der Waals surface area contributed by atoms with E-state index in [4.69, 9.17) is 0 Å². The van der Waals surface area contributed by atoms with Crippen LogP contribution in [0.3, 0.4) is 0 Å². The van der Waals surface area contributed by atoms with E-state index >= 15 is 0 Å². The topological polar surface area (TPSA) is 15.3 Å². The van der Waals surface area contributed by atoms with Crippen molar-refractivity contribution in [2.75, 3.05) is 26.7 Å². The number of benzene rings is 1. The van der Waals surface area contributed by atoms with Gasteiger partial charge in [0.1, 0.15) is 0 Å². The van der Waals surface area contributed by atoms with Crippen LogP contribution in [0.4, 0.5) is 0 Å². The van der Waals surface area contributed by atoms with Gasteiger partial charge in [0.15, 0.2) is 0 Å². The smallest absolute Gasteiger partial charge is 0.0204 e. The molecule has 1 aromatic carbocycles. The SMILES string of the molecule is CNC1CCN(CCC(C)c2ccccc2)C1. The second kappa shape index (κ2) is 6.18. The number of likely N-dealkylation sites (tertiary alicyclic amines) is 1. The van der Waals surface area contributed by atoms with Gasteiger partial charge in [-0.25, -0.2) is 0 Å². The van der Waals surface area contributed by atoms with Gasteiger partial charge in [-0.15, -0.1) is 0 Å². The summed E-state index contributed by atoms with van der Waals surface area (Å²) >= 11 is 0. The van der Waals surface area contributed by atoms with Gasteiger partial charge in [0.2, 0.25) is 0 Å². The summed E-state index contributed by atoms with van der Waals surface area (Å²) in [7, 11) is 2.07. The molecule has 1 heterocycles. The largest absolute Gasteiger partial charge is 0.316 e. The van der Waals surface area contributed by atoms with Crippen LogP contribution in [0.5, 0.6) is 0 Å². The van der Waals surface area contributed by atoms with Crippen LogP contribution in [0.2, 0.25) is 0 Å². The first-order chi connectivity index (χ1) is 8.29. The normalized spacial score (nSPS) is 22.8. The standard InChI is InChI=1S/C15H24N2/c1-13(14-6-4-3-5-7-14)8-10-17-11-9-15(12-17)16-2/h3-7,13,15-16H,8-12H2,1-2H3. The summed E-state index contributed by atoms with van der Waals surface area (Å²) in [5, 5.41) is 3.37. The lowest BCUT2D eigenvalue weighted by Gasteiger charge is -2.19. The van der Waals surface area contributed by atoms with Gasteiger partial charge < -0.3 is 10.2 Å². The van der Waals surface area contributed by atoms with Crippen molar-refractivity contribution in [2.24, 2.45) is 0 Å². The van der Waals surface area contributed by atoms with Gasteiger partial charge in [0.25, 0.3) is 0 Å².